The summed E-state index contributed by atoms with van der Waals surface area (Å²) >= 11 is 0.125. The standard InChI is InChI=1S/C19H19N3O6S2/c1-12-4-9-17(13(2)19(12)21-29-23)22-18(14-5-7-16(27-3)8-6-14)10-15(20-22)11-28-30(24,25)26/h4-10H,11H2,1-3H3,(H,24,25,26). The van der Waals surface area contributed by atoms with Crippen LogP contribution in [0.15, 0.2) is 46.8 Å². The predicted molar refractivity (Wildman–Crippen MR) is 112 cm³/mol. The summed E-state index contributed by atoms with van der Waals surface area (Å²) < 4.78 is 57.0. The van der Waals surface area contributed by atoms with Gasteiger partial charge >= 0.3 is 10.4 Å². The van der Waals surface area contributed by atoms with Crippen molar-refractivity contribution >= 4 is 27.5 Å². The maximum atomic E-state index is 11.0. The topological polar surface area (TPSA) is 120 Å². The normalized spacial score (nSPS) is 11.3. The molecule has 2 aromatic carbocycles. The Morgan fingerprint density at radius 2 is 1.87 bits per heavy atom. The van der Waals surface area contributed by atoms with Crippen LogP contribution >= 0.6 is 0 Å². The van der Waals surface area contributed by atoms with Gasteiger partial charge in [-0.05, 0) is 55.8 Å². The minimum absolute atomic E-state index is 0.125. The number of aromatic nitrogens is 2. The van der Waals surface area contributed by atoms with Crippen LogP contribution in [0, 0.1) is 13.8 Å². The van der Waals surface area contributed by atoms with Crippen LogP contribution in [0.3, 0.4) is 0 Å². The van der Waals surface area contributed by atoms with E-state index in [0.717, 1.165) is 16.7 Å². The molecule has 0 amide bonds. The van der Waals surface area contributed by atoms with Crippen molar-refractivity contribution in [3.05, 3.63) is 59.3 Å². The summed E-state index contributed by atoms with van der Waals surface area (Å²) in [5, 5.41) is 4.45. The SMILES string of the molecule is COc1ccc(-c2cc(COS(=O)(=O)O)nn2-c2ccc(C)c(N=S=O)c2C)cc1. The number of nitrogens with zero attached hydrogens (tertiary/aromatic N) is 3. The summed E-state index contributed by atoms with van der Waals surface area (Å²) in [4.78, 5) is 0. The molecular formula is C19H19N3O6S2. The average Bonchev–Trinajstić information content (AvgIpc) is 3.13. The third-order valence-corrected chi connectivity index (χ3v) is 5.14. The molecule has 0 aliphatic heterocycles. The molecule has 3 rings (SSSR count). The molecule has 9 nitrogen and oxygen atoms in total. The van der Waals surface area contributed by atoms with Crippen molar-refractivity contribution in [3.63, 3.8) is 0 Å². The van der Waals surface area contributed by atoms with Crippen molar-refractivity contribution in [1.29, 1.82) is 0 Å². The van der Waals surface area contributed by atoms with Gasteiger partial charge in [-0.1, -0.05) is 6.07 Å². The molecule has 1 aromatic heterocycles. The van der Waals surface area contributed by atoms with Crippen LogP contribution in [0.1, 0.15) is 16.8 Å². The molecule has 30 heavy (non-hydrogen) atoms. The van der Waals surface area contributed by atoms with Crippen molar-refractivity contribution in [2.45, 2.75) is 20.5 Å². The molecule has 0 saturated carbocycles. The van der Waals surface area contributed by atoms with Crippen molar-refractivity contribution in [1.82, 2.24) is 9.78 Å². The molecule has 0 bridgehead atoms. The van der Waals surface area contributed by atoms with Gasteiger partial charge in [0.1, 0.15) is 12.4 Å². The van der Waals surface area contributed by atoms with Gasteiger partial charge in [0, 0.05) is 11.1 Å². The van der Waals surface area contributed by atoms with Crippen molar-refractivity contribution < 1.29 is 26.1 Å². The summed E-state index contributed by atoms with van der Waals surface area (Å²) in [6, 6.07) is 12.6. The number of hydrogen-bond acceptors (Lipinski definition) is 7. The average molecular weight is 450 g/mol. The zero-order valence-electron chi connectivity index (χ0n) is 16.4. The van der Waals surface area contributed by atoms with Gasteiger partial charge in [0.25, 0.3) is 0 Å². The molecule has 0 radical (unpaired) electrons. The van der Waals surface area contributed by atoms with E-state index in [9.17, 15) is 12.6 Å². The van der Waals surface area contributed by atoms with E-state index in [1.165, 1.54) is 0 Å². The molecule has 11 heteroatoms. The van der Waals surface area contributed by atoms with Gasteiger partial charge in [-0.25, -0.2) is 8.86 Å². The van der Waals surface area contributed by atoms with Crippen LogP contribution in [0.2, 0.25) is 0 Å². The lowest BCUT2D eigenvalue weighted by Gasteiger charge is -2.13. The number of hydrogen-bond donors (Lipinski definition) is 1. The molecular weight excluding hydrogens is 430 g/mol. The Kier molecular flexibility index (Phi) is 6.46. The second kappa shape index (κ2) is 8.88. The van der Waals surface area contributed by atoms with E-state index < -0.39 is 17.0 Å². The Morgan fingerprint density at radius 1 is 1.17 bits per heavy atom. The highest BCUT2D eigenvalue weighted by Crippen LogP contribution is 2.32. The minimum Gasteiger partial charge on any atom is -0.497 e. The summed E-state index contributed by atoms with van der Waals surface area (Å²) in [5.74, 6) is 0.680. The maximum absolute atomic E-state index is 11.0. The second-order valence-corrected chi connectivity index (χ2v) is 7.81. The van der Waals surface area contributed by atoms with Crippen LogP contribution < -0.4 is 4.74 Å². The molecule has 1 heterocycles. The number of aryl methyl sites for hydroxylation is 1. The van der Waals surface area contributed by atoms with E-state index in [4.69, 9.17) is 9.29 Å². The van der Waals surface area contributed by atoms with Crippen LogP contribution in [-0.4, -0.2) is 34.1 Å². The molecule has 3 aromatic rings. The molecule has 0 aliphatic carbocycles. The smallest absolute Gasteiger partial charge is 0.397 e. The van der Waals surface area contributed by atoms with E-state index in [1.807, 2.05) is 38.1 Å². The fourth-order valence-corrected chi connectivity index (χ4v) is 3.64. The fraction of sp³-hybridized carbons (Fsp3) is 0.211. The first-order valence-corrected chi connectivity index (χ1v) is 10.8. The highest BCUT2D eigenvalue weighted by atomic mass is 32.3. The van der Waals surface area contributed by atoms with E-state index in [2.05, 4.69) is 13.6 Å². The Labute approximate surface area is 177 Å². The number of benzene rings is 2. The number of methoxy groups -OCH3 is 1. The monoisotopic (exact) mass is 449 g/mol. The van der Waals surface area contributed by atoms with Gasteiger partial charge in [0.2, 0.25) is 11.5 Å². The van der Waals surface area contributed by atoms with Gasteiger partial charge in [-0.15, -0.1) is 0 Å². The van der Waals surface area contributed by atoms with Crippen LogP contribution in [-0.2, 0) is 32.7 Å². The first-order chi connectivity index (χ1) is 14.2. The van der Waals surface area contributed by atoms with E-state index >= 15 is 0 Å². The molecule has 0 unspecified atom stereocenters. The quantitative estimate of drug-likeness (QED) is 0.548. The van der Waals surface area contributed by atoms with Gasteiger partial charge in [-0.2, -0.15) is 22.1 Å². The summed E-state index contributed by atoms with van der Waals surface area (Å²) in [6.45, 7) is 3.24. The Hall–Kier alpha value is -2.86. The van der Waals surface area contributed by atoms with Crippen LogP contribution in [0.25, 0.3) is 16.9 Å². The zero-order chi connectivity index (χ0) is 21.9. The minimum atomic E-state index is -4.61. The lowest BCUT2D eigenvalue weighted by atomic mass is 10.1. The van der Waals surface area contributed by atoms with E-state index in [0.29, 0.717) is 22.8 Å². The molecule has 0 fully saturated rings. The highest BCUT2D eigenvalue weighted by Gasteiger charge is 2.17. The lowest BCUT2D eigenvalue weighted by Crippen LogP contribution is -2.05. The van der Waals surface area contributed by atoms with E-state index in [1.54, 1.807) is 30.0 Å². The molecule has 0 atom stereocenters. The number of ether oxygens (including phenoxy) is 1. The second-order valence-electron chi connectivity index (χ2n) is 6.39. The molecule has 0 saturated heterocycles. The zero-order valence-corrected chi connectivity index (χ0v) is 18.0. The van der Waals surface area contributed by atoms with Gasteiger partial charge < -0.3 is 4.74 Å². The third-order valence-electron chi connectivity index (χ3n) is 4.46. The molecule has 0 aliphatic rings. The predicted octanol–water partition coefficient (Wildman–Crippen LogP) is 3.51. The maximum Gasteiger partial charge on any atom is 0.397 e. The van der Waals surface area contributed by atoms with Gasteiger partial charge in [0.15, 0.2) is 0 Å². The third kappa shape index (κ3) is 4.82. The van der Waals surface area contributed by atoms with Gasteiger partial charge in [-0.3, -0.25) is 4.55 Å². The molecule has 1 N–H and O–H groups in total. The van der Waals surface area contributed by atoms with Crippen molar-refractivity contribution in [2.75, 3.05) is 7.11 Å². The lowest BCUT2D eigenvalue weighted by molar-refractivity contribution is 0.256. The molecule has 158 valence electrons. The van der Waals surface area contributed by atoms with Gasteiger partial charge in [0.05, 0.1) is 29.9 Å². The fourth-order valence-electron chi connectivity index (χ4n) is 3.02. The Morgan fingerprint density at radius 3 is 2.47 bits per heavy atom. The largest absolute Gasteiger partial charge is 0.497 e. The highest BCUT2D eigenvalue weighted by molar-refractivity contribution is 7.80. The van der Waals surface area contributed by atoms with Crippen molar-refractivity contribution in [2.24, 2.45) is 4.36 Å². The molecule has 0 spiro atoms. The number of rotatable bonds is 7. The van der Waals surface area contributed by atoms with Crippen LogP contribution in [0.5, 0.6) is 5.75 Å². The Bertz CT molecular complexity index is 1230. The van der Waals surface area contributed by atoms with Crippen molar-refractivity contribution in [3.8, 4) is 22.7 Å². The summed E-state index contributed by atoms with van der Waals surface area (Å²) in [5.41, 5.74) is 4.52. The van der Waals surface area contributed by atoms with Crippen LogP contribution in [0.4, 0.5) is 5.69 Å². The first kappa shape index (κ1) is 21.8. The van der Waals surface area contributed by atoms with E-state index in [-0.39, 0.29) is 17.2 Å². The summed E-state index contributed by atoms with van der Waals surface area (Å²) in [6.07, 6.45) is 0. The first-order valence-electron chi connectivity index (χ1n) is 8.69. The summed E-state index contributed by atoms with van der Waals surface area (Å²) in [7, 11) is -3.04. The Balaban J connectivity index is 2.18.